The van der Waals surface area contributed by atoms with Crippen molar-refractivity contribution in [3.8, 4) is 0 Å². The van der Waals surface area contributed by atoms with E-state index in [9.17, 15) is 0 Å². The zero-order chi connectivity index (χ0) is 15.4. The lowest BCUT2D eigenvalue weighted by molar-refractivity contribution is 0.646. The lowest BCUT2D eigenvalue weighted by atomic mass is 9.93. The molecule has 22 heavy (non-hydrogen) atoms. The molecule has 0 heterocycles. The number of unbranched alkanes of at least 4 members (excludes halogenated alkanes) is 2. The second kappa shape index (κ2) is 7.19. The van der Waals surface area contributed by atoms with E-state index in [1.165, 1.54) is 52.8 Å². The molecule has 0 aliphatic heterocycles. The van der Waals surface area contributed by atoms with E-state index in [4.69, 9.17) is 12.6 Å². The summed E-state index contributed by atoms with van der Waals surface area (Å²) in [6, 6.07) is 19.8. The van der Waals surface area contributed by atoms with Gasteiger partial charge in [0.25, 0.3) is 0 Å². The van der Waals surface area contributed by atoms with Crippen molar-refractivity contribution in [3.05, 3.63) is 60.2 Å². The average molecular weight is 308 g/mol. The molecular weight excluding hydrogens is 284 g/mol. The first-order valence-electron chi connectivity index (χ1n) is 8.37. The van der Waals surface area contributed by atoms with Crippen LogP contribution in [0.4, 0.5) is 0 Å². The number of fused-ring (bicyclic) bond motifs is 2. The van der Waals surface area contributed by atoms with Crippen LogP contribution in [0, 0.1) is 0 Å². The highest BCUT2D eigenvalue weighted by Gasteiger charge is 2.11. The molecule has 1 unspecified atom stereocenters. The second-order valence-electron chi connectivity index (χ2n) is 6.15. The van der Waals surface area contributed by atoms with Gasteiger partial charge in [0.15, 0.2) is 0 Å². The number of thiol groups is 1. The highest BCUT2D eigenvalue weighted by atomic mass is 32.1. The van der Waals surface area contributed by atoms with Gasteiger partial charge in [-0.25, -0.2) is 0 Å². The summed E-state index contributed by atoms with van der Waals surface area (Å²) in [5.41, 5.74) is 1.46. The van der Waals surface area contributed by atoms with Gasteiger partial charge in [-0.2, -0.15) is 12.6 Å². The monoisotopic (exact) mass is 308 g/mol. The maximum absolute atomic E-state index is 4.87. The standard InChI is InChI=1S/C21H24S/c1-2-3-4-11-18(22)15-21-19-12-7-5-9-16(19)14-17-10-6-8-13-20(17)21/h5-10,12-14,18,22H,2-4,11,15H2,1H3. The van der Waals surface area contributed by atoms with Crippen molar-refractivity contribution in [2.45, 2.75) is 44.3 Å². The molecule has 1 atom stereocenters. The first-order valence-corrected chi connectivity index (χ1v) is 8.88. The van der Waals surface area contributed by atoms with Crippen molar-refractivity contribution < 1.29 is 0 Å². The van der Waals surface area contributed by atoms with Crippen molar-refractivity contribution in [2.75, 3.05) is 0 Å². The molecule has 0 saturated heterocycles. The Balaban J connectivity index is 2.00. The maximum atomic E-state index is 4.87. The van der Waals surface area contributed by atoms with E-state index in [0.29, 0.717) is 5.25 Å². The zero-order valence-corrected chi connectivity index (χ0v) is 14.2. The summed E-state index contributed by atoms with van der Waals surface area (Å²) < 4.78 is 0. The van der Waals surface area contributed by atoms with Gasteiger partial charge in [0, 0.05) is 5.25 Å². The number of rotatable bonds is 6. The topological polar surface area (TPSA) is 0 Å². The van der Waals surface area contributed by atoms with Crippen molar-refractivity contribution in [2.24, 2.45) is 0 Å². The van der Waals surface area contributed by atoms with E-state index in [-0.39, 0.29) is 0 Å². The quantitative estimate of drug-likeness (QED) is 0.303. The number of benzene rings is 3. The lowest BCUT2D eigenvalue weighted by Gasteiger charge is -2.15. The van der Waals surface area contributed by atoms with Crippen LogP contribution in [0.25, 0.3) is 21.5 Å². The van der Waals surface area contributed by atoms with Crippen LogP contribution in [0.5, 0.6) is 0 Å². The molecule has 0 bridgehead atoms. The smallest absolute Gasteiger partial charge is 0.00576 e. The molecular formula is C21H24S. The highest BCUT2D eigenvalue weighted by molar-refractivity contribution is 7.80. The second-order valence-corrected chi connectivity index (χ2v) is 6.88. The molecule has 0 aliphatic carbocycles. The average Bonchev–Trinajstić information content (AvgIpc) is 2.55. The summed E-state index contributed by atoms with van der Waals surface area (Å²) in [4.78, 5) is 0. The van der Waals surface area contributed by atoms with Crippen LogP contribution < -0.4 is 0 Å². The van der Waals surface area contributed by atoms with Crippen LogP contribution in [0.3, 0.4) is 0 Å². The molecule has 3 aromatic rings. The molecule has 0 nitrogen and oxygen atoms in total. The molecule has 0 N–H and O–H groups in total. The third-order valence-electron chi connectivity index (χ3n) is 4.46. The molecule has 0 radical (unpaired) electrons. The van der Waals surface area contributed by atoms with Crippen LogP contribution in [0.1, 0.15) is 38.2 Å². The SMILES string of the molecule is CCCCCC(S)Cc1c2ccccc2cc2ccccc12. The molecule has 0 spiro atoms. The fourth-order valence-electron chi connectivity index (χ4n) is 3.30. The van der Waals surface area contributed by atoms with Gasteiger partial charge >= 0.3 is 0 Å². The number of hydrogen-bond acceptors (Lipinski definition) is 1. The van der Waals surface area contributed by atoms with Gasteiger partial charge in [-0.05, 0) is 46.0 Å². The molecule has 0 saturated carbocycles. The van der Waals surface area contributed by atoms with Crippen LogP contribution in [-0.4, -0.2) is 5.25 Å². The van der Waals surface area contributed by atoms with E-state index in [1.807, 2.05) is 0 Å². The van der Waals surface area contributed by atoms with E-state index in [0.717, 1.165) is 6.42 Å². The third kappa shape index (κ3) is 3.30. The van der Waals surface area contributed by atoms with Crippen molar-refractivity contribution in [1.82, 2.24) is 0 Å². The summed E-state index contributed by atoms with van der Waals surface area (Å²) in [5.74, 6) is 0. The molecule has 0 fully saturated rings. The van der Waals surface area contributed by atoms with Gasteiger partial charge in [-0.15, -0.1) is 0 Å². The normalized spacial score (nSPS) is 12.8. The summed E-state index contributed by atoms with van der Waals surface area (Å²) in [5, 5.41) is 5.89. The van der Waals surface area contributed by atoms with Gasteiger partial charge < -0.3 is 0 Å². The Morgan fingerprint density at radius 3 is 2.05 bits per heavy atom. The molecule has 114 valence electrons. The minimum absolute atomic E-state index is 0.445. The minimum Gasteiger partial charge on any atom is -0.176 e. The predicted molar refractivity (Wildman–Crippen MR) is 102 cm³/mol. The molecule has 3 rings (SSSR count). The predicted octanol–water partition coefficient (Wildman–Crippen LogP) is 6.41. The summed E-state index contributed by atoms with van der Waals surface area (Å²) in [7, 11) is 0. The summed E-state index contributed by atoms with van der Waals surface area (Å²) in [6.45, 7) is 2.26. The van der Waals surface area contributed by atoms with E-state index < -0.39 is 0 Å². The lowest BCUT2D eigenvalue weighted by Crippen LogP contribution is -2.05. The number of hydrogen-bond donors (Lipinski definition) is 1. The fourth-order valence-corrected chi connectivity index (χ4v) is 3.66. The molecule has 0 aliphatic rings. The van der Waals surface area contributed by atoms with Gasteiger partial charge in [0.2, 0.25) is 0 Å². The van der Waals surface area contributed by atoms with Gasteiger partial charge in [0.05, 0.1) is 0 Å². The Hall–Kier alpha value is -1.47. The van der Waals surface area contributed by atoms with Gasteiger partial charge in [0.1, 0.15) is 0 Å². The first-order chi connectivity index (χ1) is 10.8. The zero-order valence-electron chi connectivity index (χ0n) is 13.3. The maximum Gasteiger partial charge on any atom is 0.00576 e. The van der Waals surface area contributed by atoms with Crippen LogP contribution in [0.2, 0.25) is 0 Å². The first kappa shape index (κ1) is 15.4. The molecule has 3 aromatic carbocycles. The van der Waals surface area contributed by atoms with Crippen LogP contribution >= 0.6 is 12.6 Å². The largest absolute Gasteiger partial charge is 0.176 e. The van der Waals surface area contributed by atoms with Gasteiger partial charge in [-0.3, -0.25) is 0 Å². The molecule has 1 heteroatoms. The minimum atomic E-state index is 0.445. The Morgan fingerprint density at radius 2 is 1.45 bits per heavy atom. The van der Waals surface area contributed by atoms with E-state index >= 15 is 0 Å². The van der Waals surface area contributed by atoms with Crippen molar-refractivity contribution in [3.63, 3.8) is 0 Å². The van der Waals surface area contributed by atoms with Crippen LogP contribution in [0.15, 0.2) is 54.6 Å². The summed E-state index contributed by atoms with van der Waals surface area (Å²) in [6.07, 6.45) is 6.13. The molecule has 0 amide bonds. The Kier molecular flexibility index (Phi) is 5.04. The van der Waals surface area contributed by atoms with Gasteiger partial charge in [-0.1, -0.05) is 74.7 Å². The third-order valence-corrected chi connectivity index (χ3v) is 4.90. The highest BCUT2D eigenvalue weighted by Crippen LogP contribution is 2.30. The molecule has 0 aromatic heterocycles. The van der Waals surface area contributed by atoms with E-state index in [1.54, 1.807) is 0 Å². The Bertz CT molecular complexity index is 706. The Morgan fingerprint density at radius 1 is 0.864 bits per heavy atom. The van der Waals surface area contributed by atoms with Crippen molar-refractivity contribution >= 4 is 34.2 Å². The fraction of sp³-hybridized carbons (Fsp3) is 0.333. The summed E-state index contributed by atoms with van der Waals surface area (Å²) >= 11 is 4.87. The Labute approximate surface area is 139 Å². The van der Waals surface area contributed by atoms with E-state index in [2.05, 4.69) is 61.5 Å². The van der Waals surface area contributed by atoms with Crippen LogP contribution in [-0.2, 0) is 6.42 Å². The van der Waals surface area contributed by atoms with Crippen molar-refractivity contribution in [1.29, 1.82) is 0 Å².